The molecule has 2 fully saturated rings. The normalized spacial score (nSPS) is 20.8. The summed E-state index contributed by atoms with van der Waals surface area (Å²) in [5, 5.41) is 8.25. The molecule has 1 aliphatic carbocycles. The molecule has 5 nitrogen and oxygen atoms in total. The Morgan fingerprint density at radius 2 is 1.92 bits per heavy atom. The van der Waals surface area contributed by atoms with Crippen molar-refractivity contribution in [3.8, 4) is 0 Å². The van der Waals surface area contributed by atoms with Crippen LogP contribution < -0.4 is 0 Å². The highest BCUT2D eigenvalue weighted by Gasteiger charge is 2.30. The molecule has 1 saturated carbocycles. The van der Waals surface area contributed by atoms with Crippen molar-refractivity contribution in [3.63, 3.8) is 0 Å². The zero-order chi connectivity index (χ0) is 17.4. The summed E-state index contributed by atoms with van der Waals surface area (Å²) in [5.74, 6) is 0.906. The summed E-state index contributed by atoms with van der Waals surface area (Å²) in [6.45, 7) is 5.98. The summed E-state index contributed by atoms with van der Waals surface area (Å²) in [4.78, 5) is 4.49. The maximum atomic E-state index is 14.0. The van der Waals surface area contributed by atoms with Gasteiger partial charge >= 0.3 is 0 Å². The number of aromatic nitrogens is 2. The Hall–Kier alpha value is -1.86. The van der Waals surface area contributed by atoms with Gasteiger partial charge in [0.25, 0.3) is 0 Å². The Bertz CT molecular complexity index is 738. The average molecular weight is 348 g/mol. The molecular weight excluding hydrogens is 326 g/mol. The zero-order valence-corrected chi connectivity index (χ0v) is 14.3. The van der Waals surface area contributed by atoms with Gasteiger partial charge in [0.05, 0.1) is 6.54 Å². The minimum Gasteiger partial charge on any atom is -0.424 e. The van der Waals surface area contributed by atoms with Crippen LogP contribution in [0.15, 0.2) is 22.6 Å². The van der Waals surface area contributed by atoms with Crippen LogP contribution in [0.1, 0.15) is 49.1 Å². The molecule has 1 aromatic carbocycles. The van der Waals surface area contributed by atoms with E-state index in [-0.39, 0.29) is 6.04 Å². The van der Waals surface area contributed by atoms with Gasteiger partial charge in [-0.1, -0.05) is 6.07 Å². The average Bonchev–Trinajstić information content (AvgIpc) is 3.35. The van der Waals surface area contributed by atoms with E-state index in [1.165, 1.54) is 6.07 Å². The van der Waals surface area contributed by atoms with Crippen molar-refractivity contribution in [2.24, 2.45) is 0 Å². The van der Waals surface area contributed by atoms with Crippen LogP contribution in [0.5, 0.6) is 0 Å². The van der Waals surface area contributed by atoms with E-state index in [4.69, 9.17) is 4.42 Å². The summed E-state index contributed by atoms with van der Waals surface area (Å²) in [7, 11) is 0. The standard InChI is InChI=1S/C18H22F2N4O/c1-12(15-5-4-14(19)10-16(15)20)24-8-6-23(7-9-24)11-17-21-22-18(25-17)13-2-3-13/h4-5,10,12-13H,2-3,6-9,11H2,1H3. The molecule has 4 rings (SSSR count). The van der Waals surface area contributed by atoms with Crippen molar-refractivity contribution in [1.29, 1.82) is 0 Å². The van der Waals surface area contributed by atoms with Gasteiger partial charge in [0.1, 0.15) is 11.6 Å². The van der Waals surface area contributed by atoms with Crippen LogP contribution in [0.25, 0.3) is 0 Å². The first-order valence-electron chi connectivity index (χ1n) is 8.84. The third kappa shape index (κ3) is 3.72. The van der Waals surface area contributed by atoms with E-state index in [1.807, 2.05) is 6.92 Å². The Kier molecular flexibility index (Phi) is 4.52. The van der Waals surface area contributed by atoms with E-state index in [9.17, 15) is 8.78 Å². The summed E-state index contributed by atoms with van der Waals surface area (Å²) >= 11 is 0. The molecule has 0 spiro atoms. The molecular formula is C18H22F2N4O. The van der Waals surface area contributed by atoms with Crippen molar-refractivity contribution in [2.75, 3.05) is 26.2 Å². The maximum Gasteiger partial charge on any atom is 0.230 e. The summed E-state index contributed by atoms with van der Waals surface area (Å²) < 4.78 is 32.8. The van der Waals surface area contributed by atoms with Crippen molar-refractivity contribution in [3.05, 3.63) is 47.2 Å². The second kappa shape index (κ2) is 6.80. The molecule has 2 aromatic rings. The van der Waals surface area contributed by atoms with Crippen LogP contribution in [0.3, 0.4) is 0 Å². The van der Waals surface area contributed by atoms with Gasteiger partial charge in [-0.25, -0.2) is 8.78 Å². The van der Waals surface area contributed by atoms with Crippen LogP contribution in [0, 0.1) is 11.6 Å². The molecule has 1 unspecified atom stereocenters. The van der Waals surface area contributed by atoms with E-state index >= 15 is 0 Å². The third-order valence-electron chi connectivity index (χ3n) is 5.14. The largest absolute Gasteiger partial charge is 0.424 e. The van der Waals surface area contributed by atoms with Crippen LogP contribution in [-0.2, 0) is 6.54 Å². The number of piperazine rings is 1. The molecule has 0 bridgehead atoms. The van der Waals surface area contributed by atoms with Crippen molar-refractivity contribution >= 4 is 0 Å². The second-order valence-electron chi connectivity index (χ2n) is 6.96. The van der Waals surface area contributed by atoms with E-state index in [1.54, 1.807) is 6.07 Å². The molecule has 1 atom stereocenters. The van der Waals surface area contributed by atoms with E-state index in [0.29, 0.717) is 23.9 Å². The lowest BCUT2D eigenvalue weighted by atomic mass is 10.1. The third-order valence-corrected chi connectivity index (χ3v) is 5.14. The highest BCUT2D eigenvalue weighted by atomic mass is 19.1. The fourth-order valence-corrected chi connectivity index (χ4v) is 3.36. The topological polar surface area (TPSA) is 45.4 Å². The number of benzene rings is 1. The number of rotatable bonds is 5. The molecule has 0 N–H and O–H groups in total. The molecule has 2 heterocycles. The Morgan fingerprint density at radius 3 is 2.60 bits per heavy atom. The fourth-order valence-electron chi connectivity index (χ4n) is 3.36. The quantitative estimate of drug-likeness (QED) is 0.831. The number of halogens is 2. The molecule has 1 aromatic heterocycles. The minimum absolute atomic E-state index is 0.0763. The van der Waals surface area contributed by atoms with E-state index < -0.39 is 11.6 Å². The zero-order valence-electron chi connectivity index (χ0n) is 14.3. The van der Waals surface area contributed by atoms with E-state index in [2.05, 4.69) is 20.0 Å². The first-order valence-corrected chi connectivity index (χ1v) is 8.84. The van der Waals surface area contributed by atoms with Gasteiger partial charge < -0.3 is 4.42 Å². The number of hydrogen-bond donors (Lipinski definition) is 0. The number of nitrogens with zero attached hydrogens (tertiary/aromatic N) is 4. The van der Waals surface area contributed by atoms with Gasteiger partial charge in [-0.15, -0.1) is 10.2 Å². The fraction of sp³-hybridized carbons (Fsp3) is 0.556. The first-order chi connectivity index (χ1) is 12.1. The number of hydrogen-bond acceptors (Lipinski definition) is 5. The van der Waals surface area contributed by atoms with Gasteiger partial charge in [0.15, 0.2) is 0 Å². The smallest absolute Gasteiger partial charge is 0.230 e. The molecule has 1 aliphatic heterocycles. The molecule has 7 heteroatoms. The van der Waals surface area contributed by atoms with Crippen LogP contribution in [0.4, 0.5) is 8.78 Å². The monoisotopic (exact) mass is 348 g/mol. The highest BCUT2D eigenvalue weighted by Crippen LogP contribution is 2.39. The maximum absolute atomic E-state index is 14.0. The predicted octanol–water partition coefficient (Wildman–Crippen LogP) is 3.10. The van der Waals surface area contributed by atoms with Crippen molar-refractivity contribution in [2.45, 2.75) is 38.3 Å². The Labute approximate surface area is 145 Å². The van der Waals surface area contributed by atoms with Gasteiger partial charge in [-0.3, -0.25) is 9.80 Å². The summed E-state index contributed by atoms with van der Waals surface area (Å²) in [5.41, 5.74) is 0.542. The summed E-state index contributed by atoms with van der Waals surface area (Å²) in [6.07, 6.45) is 2.30. The van der Waals surface area contributed by atoms with Gasteiger partial charge in [0, 0.05) is 49.8 Å². The van der Waals surface area contributed by atoms with Crippen molar-refractivity contribution in [1.82, 2.24) is 20.0 Å². The molecule has 0 amide bonds. The molecule has 1 saturated heterocycles. The van der Waals surface area contributed by atoms with Crippen LogP contribution in [-0.4, -0.2) is 46.2 Å². The minimum atomic E-state index is -0.539. The Morgan fingerprint density at radius 1 is 1.16 bits per heavy atom. The summed E-state index contributed by atoms with van der Waals surface area (Å²) in [6, 6.07) is 3.74. The van der Waals surface area contributed by atoms with Gasteiger partial charge in [0.2, 0.25) is 11.8 Å². The lowest BCUT2D eigenvalue weighted by molar-refractivity contribution is 0.0906. The van der Waals surface area contributed by atoms with Gasteiger partial charge in [-0.05, 0) is 25.8 Å². The highest BCUT2D eigenvalue weighted by molar-refractivity contribution is 5.22. The lowest BCUT2D eigenvalue weighted by Gasteiger charge is -2.37. The van der Waals surface area contributed by atoms with Crippen molar-refractivity contribution < 1.29 is 13.2 Å². The first kappa shape index (κ1) is 16.6. The second-order valence-corrected chi connectivity index (χ2v) is 6.96. The molecule has 0 radical (unpaired) electrons. The lowest BCUT2D eigenvalue weighted by Crippen LogP contribution is -2.46. The predicted molar refractivity (Wildman–Crippen MR) is 87.9 cm³/mol. The molecule has 134 valence electrons. The molecule has 2 aliphatic rings. The van der Waals surface area contributed by atoms with Crippen LogP contribution >= 0.6 is 0 Å². The van der Waals surface area contributed by atoms with E-state index in [0.717, 1.165) is 51.0 Å². The van der Waals surface area contributed by atoms with Gasteiger partial charge in [-0.2, -0.15) is 0 Å². The molecule has 25 heavy (non-hydrogen) atoms. The SMILES string of the molecule is CC(c1ccc(F)cc1F)N1CCN(Cc2nnc(C3CC3)o2)CC1. The van der Waals surface area contributed by atoms with Crippen LogP contribution in [0.2, 0.25) is 0 Å². The Balaban J connectivity index is 1.32.